The van der Waals surface area contributed by atoms with Crippen molar-refractivity contribution in [3.8, 4) is 17.5 Å². The normalized spacial score (nSPS) is 11.1. The predicted octanol–water partition coefficient (Wildman–Crippen LogP) is 2.71. The lowest BCUT2D eigenvalue weighted by Gasteiger charge is -2.08. The van der Waals surface area contributed by atoms with E-state index in [0.717, 1.165) is 17.1 Å². The molecule has 4 aromatic heterocycles. The standard InChI is InChI=1S/C19H20N8O2S/c1-11-8-12(2)21-18(20-11)27-15(9-13(3)25-27)22-16(28)10-30-19-24-23-17(26(19)4)14-6-5-7-29-14/h5-9H,10H2,1-4H3,(H,22,28). The van der Waals surface area contributed by atoms with Crippen molar-refractivity contribution in [2.75, 3.05) is 11.1 Å². The SMILES string of the molecule is Cc1cc(C)nc(-n2nc(C)cc2NC(=O)CSc2nnc(-c3ccco3)n2C)n1. The van der Waals surface area contributed by atoms with Gasteiger partial charge in [0.2, 0.25) is 5.91 Å². The number of nitrogens with zero attached hydrogens (tertiary/aromatic N) is 7. The molecule has 154 valence electrons. The summed E-state index contributed by atoms with van der Waals surface area (Å²) < 4.78 is 8.68. The zero-order chi connectivity index (χ0) is 21.3. The highest BCUT2D eigenvalue weighted by atomic mass is 32.2. The number of thioether (sulfide) groups is 1. The fraction of sp³-hybridized carbons (Fsp3) is 0.263. The second-order valence-corrected chi connectivity index (χ2v) is 7.66. The smallest absolute Gasteiger partial charge is 0.252 e. The van der Waals surface area contributed by atoms with Crippen molar-refractivity contribution in [2.24, 2.45) is 7.05 Å². The van der Waals surface area contributed by atoms with Crippen LogP contribution < -0.4 is 5.32 Å². The Balaban J connectivity index is 1.47. The minimum atomic E-state index is -0.201. The summed E-state index contributed by atoms with van der Waals surface area (Å²) in [5.41, 5.74) is 2.40. The van der Waals surface area contributed by atoms with Crippen molar-refractivity contribution < 1.29 is 9.21 Å². The highest BCUT2D eigenvalue weighted by Gasteiger charge is 2.17. The molecule has 0 atom stereocenters. The molecule has 0 fully saturated rings. The lowest BCUT2D eigenvalue weighted by molar-refractivity contribution is -0.113. The third-order valence-electron chi connectivity index (χ3n) is 4.17. The van der Waals surface area contributed by atoms with Crippen LogP contribution in [0.1, 0.15) is 17.1 Å². The Morgan fingerprint density at radius 3 is 2.60 bits per heavy atom. The highest BCUT2D eigenvalue weighted by Crippen LogP contribution is 2.23. The Hall–Kier alpha value is -3.47. The molecule has 30 heavy (non-hydrogen) atoms. The van der Waals surface area contributed by atoms with Gasteiger partial charge >= 0.3 is 0 Å². The maximum absolute atomic E-state index is 12.6. The number of anilines is 1. The van der Waals surface area contributed by atoms with Crippen molar-refractivity contribution in [3.63, 3.8) is 0 Å². The Labute approximate surface area is 176 Å². The van der Waals surface area contributed by atoms with E-state index in [1.165, 1.54) is 16.4 Å². The number of rotatable bonds is 6. The third kappa shape index (κ3) is 4.10. The van der Waals surface area contributed by atoms with Crippen molar-refractivity contribution in [3.05, 3.63) is 47.6 Å². The lowest BCUT2D eigenvalue weighted by atomic mass is 10.4. The minimum absolute atomic E-state index is 0.155. The molecule has 0 bridgehead atoms. The molecule has 0 saturated heterocycles. The molecule has 4 aromatic rings. The summed E-state index contributed by atoms with van der Waals surface area (Å²) in [5, 5.41) is 16.2. The van der Waals surface area contributed by atoms with E-state index < -0.39 is 0 Å². The van der Waals surface area contributed by atoms with Crippen LogP contribution in [0.2, 0.25) is 0 Å². The Bertz CT molecular complexity index is 1180. The molecule has 0 spiro atoms. The lowest BCUT2D eigenvalue weighted by Crippen LogP contribution is -2.18. The van der Waals surface area contributed by atoms with Gasteiger partial charge in [0.15, 0.2) is 16.7 Å². The molecule has 0 unspecified atom stereocenters. The van der Waals surface area contributed by atoms with E-state index in [1.54, 1.807) is 23.0 Å². The van der Waals surface area contributed by atoms with Gasteiger partial charge in [0.25, 0.3) is 5.95 Å². The quantitative estimate of drug-likeness (QED) is 0.470. The first-order valence-corrected chi connectivity index (χ1v) is 10.1. The van der Waals surface area contributed by atoms with Crippen LogP contribution in [0.3, 0.4) is 0 Å². The molecule has 1 amide bonds. The van der Waals surface area contributed by atoms with Crippen LogP contribution in [0.25, 0.3) is 17.5 Å². The third-order valence-corrected chi connectivity index (χ3v) is 5.19. The summed E-state index contributed by atoms with van der Waals surface area (Å²) in [6, 6.07) is 7.26. The van der Waals surface area contributed by atoms with E-state index in [9.17, 15) is 4.79 Å². The number of hydrogen-bond acceptors (Lipinski definition) is 8. The number of furan rings is 1. The molecule has 4 heterocycles. The molecule has 0 aliphatic carbocycles. The number of carbonyl (C=O) groups is 1. The molecule has 1 N–H and O–H groups in total. The van der Waals surface area contributed by atoms with Crippen LogP contribution in [-0.4, -0.2) is 46.2 Å². The Kier molecular flexibility index (Phi) is 5.36. The Morgan fingerprint density at radius 2 is 1.90 bits per heavy atom. The molecule has 11 heteroatoms. The van der Waals surface area contributed by atoms with Gasteiger partial charge in [-0.3, -0.25) is 4.79 Å². The Morgan fingerprint density at radius 1 is 1.13 bits per heavy atom. The van der Waals surface area contributed by atoms with Gasteiger partial charge in [-0.1, -0.05) is 11.8 Å². The van der Waals surface area contributed by atoms with Gasteiger partial charge in [-0.15, -0.1) is 10.2 Å². The average molecular weight is 424 g/mol. The second kappa shape index (κ2) is 8.11. The number of aromatic nitrogens is 7. The first-order valence-electron chi connectivity index (χ1n) is 9.16. The topological polar surface area (TPSA) is 117 Å². The van der Waals surface area contributed by atoms with Crippen LogP contribution in [0.5, 0.6) is 0 Å². The van der Waals surface area contributed by atoms with Gasteiger partial charge in [0.1, 0.15) is 5.82 Å². The fourth-order valence-corrected chi connectivity index (χ4v) is 3.62. The summed E-state index contributed by atoms with van der Waals surface area (Å²) >= 11 is 1.28. The van der Waals surface area contributed by atoms with Crippen LogP contribution in [0.15, 0.2) is 40.1 Å². The van der Waals surface area contributed by atoms with Gasteiger partial charge in [-0.2, -0.15) is 9.78 Å². The summed E-state index contributed by atoms with van der Waals surface area (Å²) in [6.07, 6.45) is 1.58. The maximum Gasteiger partial charge on any atom is 0.252 e. The van der Waals surface area contributed by atoms with E-state index in [4.69, 9.17) is 4.42 Å². The summed E-state index contributed by atoms with van der Waals surface area (Å²) in [7, 11) is 1.83. The number of carbonyl (C=O) groups excluding carboxylic acids is 1. The van der Waals surface area contributed by atoms with Crippen LogP contribution in [-0.2, 0) is 11.8 Å². The maximum atomic E-state index is 12.6. The molecule has 0 aliphatic heterocycles. The minimum Gasteiger partial charge on any atom is -0.461 e. The molecule has 0 aromatic carbocycles. The fourth-order valence-electron chi connectivity index (χ4n) is 2.91. The molecular weight excluding hydrogens is 404 g/mol. The van der Waals surface area contributed by atoms with E-state index in [0.29, 0.717) is 28.5 Å². The van der Waals surface area contributed by atoms with Crippen LogP contribution in [0, 0.1) is 20.8 Å². The molecule has 4 rings (SSSR count). The largest absolute Gasteiger partial charge is 0.461 e. The number of nitrogens with one attached hydrogen (secondary N) is 1. The van der Waals surface area contributed by atoms with E-state index in [-0.39, 0.29) is 11.7 Å². The number of hydrogen-bond donors (Lipinski definition) is 1. The van der Waals surface area contributed by atoms with Crippen LogP contribution in [0.4, 0.5) is 5.82 Å². The average Bonchev–Trinajstić information content (AvgIpc) is 3.40. The van der Waals surface area contributed by atoms with Gasteiger partial charge < -0.3 is 14.3 Å². The summed E-state index contributed by atoms with van der Waals surface area (Å²) in [4.78, 5) is 21.4. The van der Waals surface area contributed by atoms with Gasteiger partial charge in [0, 0.05) is 24.5 Å². The van der Waals surface area contributed by atoms with Crippen LogP contribution >= 0.6 is 11.8 Å². The summed E-state index contributed by atoms with van der Waals surface area (Å²) in [5.74, 6) is 2.10. The summed E-state index contributed by atoms with van der Waals surface area (Å²) in [6.45, 7) is 5.63. The zero-order valence-corrected chi connectivity index (χ0v) is 17.8. The first-order chi connectivity index (χ1) is 14.4. The van der Waals surface area contributed by atoms with Crippen molar-refractivity contribution in [1.82, 2.24) is 34.5 Å². The predicted molar refractivity (Wildman–Crippen MR) is 111 cm³/mol. The van der Waals surface area contributed by atoms with Gasteiger partial charge in [0.05, 0.1) is 17.7 Å². The van der Waals surface area contributed by atoms with Crippen molar-refractivity contribution in [1.29, 1.82) is 0 Å². The monoisotopic (exact) mass is 424 g/mol. The highest BCUT2D eigenvalue weighted by molar-refractivity contribution is 7.99. The van der Waals surface area contributed by atoms with E-state index in [2.05, 4.69) is 30.6 Å². The molecular formula is C19H20N8O2S. The van der Waals surface area contributed by atoms with Crippen molar-refractivity contribution in [2.45, 2.75) is 25.9 Å². The molecule has 10 nitrogen and oxygen atoms in total. The first kappa shape index (κ1) is 19.8. The van der Waals surface area contributed by atoms with E-state index >= 15 is 0 Å². The van der Waals surface area contributed by atoms with Gasteiger partial charge in [-0.05, 0) is 39.0 Å². The van der Waals surface area contributed by atoms with E-state index in [1.807, 2.05) is 40.0 Å². The number of amides is 1. The second-order valence-electron chi connectivity index (χ2n) is 6.71. The molecule has 0 saturated carbocycles. The zero-order valence-electron chi connectivity index (χ0n) is 16.9. The van der Waals surface area contributed by atoms with Gasteiger partial charge in [-0.25, -0.2) is 9.97 Å². The number of aryl methyl sites for hydroxylation is 3. The molecule has 0 aliphatic rings. The van der Waals surface area contributed by atoms with Crippen molar-refractivity contribution >= 4 is 23.5 Å². The molecule has 0 radical (unpaired) electrons.